The highest BCUT2D eigenvalue weighted by molar-refractivity contribution is 7.90. The molecule has 0 radical (unpaired) electrons. The van der Waals surface area contributed by atoms with E-state index in [1.807, 2.05) is 0 Å². The Hall–Kier alpha value is -2.33. The number of benzene rings is 1. The van der Waals surface area contributed by atoms with Crippen molar-refractivity contribution in [2.75, 3.05) is 26.0 Å². The molecule has 1 aromatic heterocycles. The van der Waals surface area contributed by atoms with E-state index in [0.29, 0.717) is 23.0 Å². The molecule has 10 heteroatoms. The van der Waals surface area contributed by atoms with Crippen LogP contribution in [-0.2, 0) is 9.84 Å². The molecule has 156 valence electrons. The topological polar surface area (TPSA) is 77.6 Å². The number of nitrogens with zero attached hydrogens (tertiary/aromatic N) is 2. The van der Waals surface area contributed by atoms with E-state index in [9.17, 15) is 21.6 Å². The minimum absolute atomic E-state index is 0.0216. The van der Waals surface area contributed by atoms with Gasteiger partial charge in [0.05, 0.1) is 16.2 Å². The number of piperidine rings is 1. The molecule has 1 saturated heterocycles. The number of nitrogens with one attached hydrogen (secondary N) is 2. The zero-order valence-corrected chi connectivity index (χ0v) is 16.6. The van der Waals surface area contributed by atoms with Crippen LogP contribution in [0, 0.1) is 0 Å². The standard InChI is InChI=1S/C19H21F3N4O2S/c1-29(27,28)13-4-5-14-15(9-24-17(14)7-13)18-16(19(20,21)22)10-26(11-25-18)12-3-2-6-23-8-12/h4-5,7,9-10,12,23-24H,2-3,6,8,11H2,1H3/t12-/m0/s1. The number of rotatable bonds is 3. The Bertz CT molecular complexity index is 1100. The fraction of sp³-hybridized carbons (Fsp3) is 0.421. The van der Waals surface area contributed by atoms with Crippen molar-refractivity contribution >= 4 is 26.5 Å². The van der Waals surface area contributed by atoms with Crippen LogP contribution in [0.15, 0.2) is 46.1 Å². The Kier molecular flexibility index (Phi) is 4.94. The Labute approximate surface area is 166 Å². The quantitative estimate of drug-likeness (QED) is 0.791. The average molecular weight is 426 g/mol. The molecule has 2 aliphatic rings. The van der Waals surface area contributed by atoms with Crippen molar-refractivity contribution in [1.82, 2.24) is 15.2 Å². The third kappa shape index (κ3) is 3.91. The number of aliphatic imine (C=N–C) groups is 1. The maximum Gasteiger partial charge on any atom is 0.419 e. The third-order valence-corrected chi connectivity index (χ3v) is 6.43. The zero-order chi connectivity index (χ0) is 20.8. The molecule has 6 nitrogen and oxygen atoms in total. The Balaban J connectivity index is 1.74. The van der Waals surface area contributed by atoms with E-state index in [4.69, 9.17) is 0 Å². The number of alkyl halides is 3. The van der Waals surface area contributed by atoms with Gasteiger partial charge in [-0.25, -0.2) is 8.42 Å². The lowest BCUT2D eigenvalue weighted by atomic mass is 9.99. The highest BCUT2D eigenvalue weighted by atomic mass is 32.2. The number of allylic oxidation sites excluding steroid dienone is 1. The summed E-state index contributed by atoms with van der Waals surface area (Å²) in [6, 6.07) is 4.32. The number of aromatic nitrogens is 1. The van der Waals surface area contributed by atoms with Crippen molar-refractivity contribution in [3.05, 3.63) is 41.7 Å². The van der Waals surface area contributed by atoms with Gasteiger partial charge in [0.25, 0.3) is 0 Å². The van der Waals surface area contributed by atoms with Crippen LogP contribution in [0.1, 0.15) is 18.4 Å². The predicted molar refractivity (Wildman–Crippen MR) is 105 cm³/mol. The molecule has 0 amide bonds. The number of hydrogen-bond donors (Lipinski definition) is 2. The lowest BCUT2D eigenvalue weighted by Crippen LogP contribution is -2.45. The van der Waals surface area contributed by atoms with Gasteiger partial charge in [-0.15, -0.1) is 0 Å². The van der Waals surface area contributed by atoms with Crippen LogP contribution >= 0.6 is 0 Å². The van der Waals surface area contributed by atoms with E-state index in [2.05, 4.69) is 15.3 Å². The summed E-state index contributed by atoms with van der Waals surface area (Å²) in [7, 11) is -3.42. The van der Waals surface area contributed by atoms with Gasteiger partial charge in [0.1, 0.15) is 6.67 Å². The van der Waals surface area contributed by atoms with Crippen molar-refractivity contribution in [2.24, 2.45) is 4.99 Å². The van der Waals surface area contributed by atoms with Gasteiger partial charge in [-0.05, 0) is 31.5 Å². The Morgan fingerprint density at radius 1 is 1.28 bits per heavy atom. The molecule has 1 atom stereocenters. The number of sulfone groups is 1. The molecule has 3 heterocycles. The van der Waals surface area contributed by atoms with Crippen LogP contribution in [0.5, 0.6) is 0 Å². The number of halogens is 3. The predicted octanol–water partition coefficient (Wildman–Crippen LogP) is 2.83. The minimum Gasteiger partial charge on any atom is -0.360 e. The number of H-pyrrole nitrogens is 1. The molecule has 1 aromatic carbocycles. The van der Waals surface area contributed by atoms with Crippen molar-refractivity contribution in [2.45, 2.75) is 30.0 Å². The first-order valence-electron chi connectivity index (χ1n) is 9.26. The second-order valence-corrected chi connectivity index (χ2v) is 9.40. The molecular weight excluding hydrogens is 405 g/mol. The maximum absolute atomic E-state index is 13.9. The van der Waals surface area contributed by atoms with Crippen LogP contribution in [0.3, 0.4) is 0 Å². The van der Waals surface area contributed by atoms with Crippen molar-refractivity contribution in [1.29, 1.82) is 0 Å². The molecule has 4 rings (SSSR count). The summed E-state index contributed by atoms with van der Waals surface area (Å²) in [5.74, 6) is 0. The van der Waals surface area contributed by atoms with Gasteiger partial charge < -0.3 is 15.2 Å². The summed E-state index contributed by atoms with van der Waals surface area (Å²) < 4.78 is 65.1. The summed E-state index contributed by atoms with van der Waals surface area (Å²) in [6.45, 7) is 1.66. The fourth-order valence-corrected chi connectivity index (χ4v) is 4.46. The number of hydrogen-bond acceptors (Lipinski definition) is 5. The van der Waals surface area contributed by atoms with Gasteiger partial charge in [-0.1, -0.05) is 6.07 Å². The number of fused-ring (bicyclic) bond motifs is 1. The highest BCUT2D eigenvalue weighted by Gasteiger charge is 2.41. The van der Waals surface area contributed by atoms with Gasteiger partial charge in [-0.2, -0.15) is 13.2 Å². The largest absolute Gasteiger partial charge is 0.419 e. The lowest BCUT2D eigenvalue weighted by Gasteiger charge is -2.36. The van der Waals surface area contributed by atoms with Crippen LogP contribution in [0.2, 0.25) is 0 Å². The average Bonchev–Trinajstić information content (AvgIpc) is 3.10. The SMILES string of the molecule is CS(=O)(=O)c1ccc2c(C3=NCN([C@H]4CCCNC4)C=C3C(F)(F)F)c[nH]c2c1. The second-order valence-electron chi connectivity index (χ2n) is 7.38. The summed E-state index contributed by atoms with van der Waals surface area (Å²) in [5.41, 5.74) is -0.158. The molecule has 29 heavy (non-hydrogen) atoms. The molecule has 2 aromatic rings. The summed E-state index contributed by atoms with van der Waals surface area (Å²) in [4.78, 5) is 8.92. The van der Waals surface area contributed by atoms with Crippen molar-refractivity contribution in [3.63, 3.8) is 0 Å². The molecule has 2 N–H and O–H groups in total. The summed E-state index contributed by atoms with van der Waals surface area (Å²) in [5, 5.41) is 3.71. The van der Waals surface area contributed by atoms with Crippen molar-refractivity contribution in [3.8, 4) is 0 Å². The number of aromatic amines is 1. The van der Waals surface area contributed by atoms with E-state index in [-0.39, 0.29) is 23.3 Å². The van der Waals surface area contributed by atoms with E-state index in [1.165, 1.54) is 30.6 Å². The van der Waals surface area contributed by atoms with Gasteiger partial charge in [0.15, 0.2) is 9.84 Å². The first kappa shape index (κ1) is 20.0. The monoisotopic (exact) mass is 426 g/mol. The van der Waals surface area contributed by atoms with Crippen LogP contribution in [-0.4, -0.2) is 62.2 Å². The normalized spacial score (nSPS) is 21.2. The van der Waals surface area contributed by atoms with Crippen LogP contribution < -0.4 is 5.32 Å². The minimum atomic E-state index is -4.56. The van der Waals surface area contributed by atoms with E-state index >= 15 is 0 Å². The highest BCUT2D eigenvalue weighted by Crippen LogP contribution is 2.34. The molecule has 2 aliphatic heterocycles. The van der Waals surface area contributed by atoms with E-state index < -0.39 is 21.6 Å². The first-order valence-corrected chi connectivity index (χ1v) is 11.2. The van der Waals surface area contributed by atoms with Crippen LogP contribution in [0.4, 0.5) is 13.2 Å². The van der Waals surface area contributed by atoms with Gasteiger partial charge in [0, 0.05) is 47.7 Å². The third-order valence-electron chi connectivity index (χ3n) is 5.32. The summed E-state index contributed by atoms with van der Waals surface area (Å²) >= 11 is 0. The molecular formula is C19H21F3N4O2S. The Morgan fingerprint density at radius 3 is 2.72 bits per heavy atom. The van der Waals surface area contributed by atoms with E-state index in [1.54, 1.807) is 4.90 Å². The Morgan fingerprint density at radius 2 is 2.07 bits per heavy atom. The van der Waals surface area contributed by atoms with E-state index in [0.717, 1.165) is 25.6 Å². The van der Waals surface area contributed by atoms with Gasteiger partial charge >= 0.3 is 6.18 Å². The molecule has 0 unspecified atom stereocenters. The zero-order valence-electron chi connectivity index (χ0n) is 15.8. The molecule has 0 bridgehead atoms. The van der Waals surface area contributed by atoms with Gasteiger partial charge in [0.2, 0.25) is 0 Å². The molecule has 0 spiro atoms. The van der Waals surface area contributed by atoms with Crippen LogP contribution in [0.25, 0.3) is 10.9 Å². The second kappa shape index (κ2) is 7.17. The van der Waals surface area contributed by atoms with Gasteiger partial charge in [-0.3, -0.25) is 4.99 Å². The lowest BCUT2D eigenvalue weighted by molar-refractivity contribution is -0.0877. The first-order chi connectivity index (χ1) is 13.6. The smallest absolute Gasteiger partial charge is 0.360 e. The fourth-order valence-electron chi connectivity index (χ4n) is 3.81. The molecule has 0 aliphatic carbocycles. The van der Waals surface area contributed by atoms with Crippen molar-refractivity contribution < 1.29 is 21.6 Å². The summed E-state index contributed by atoms with van der Waals surface area (Å²) in [6.07, 6.45) is 0.883. The maximum atomic E-state index is 13.9. The molecule has 1 fully saturated rings. The molecule has 0 saturated carbocycles.